The Balaban J connectivity index is 0.978. The van der Waals surface area contributed by atoms with Crippen LogP contribution in [0.1, 0.15) is 32.0 Å². The summed E-state index contributed by atoms with van der Waals surface area (Å²) in [4.78, 5) is 17.1. The summed E-state index contributed by atoms with van der Waals surface area (Å²) in [6, 6.07) is 64.0. The van der Waals surface area contributed by atoms with Crippen LogP contribution in [0.2, 0.25) is 0 Å². The molecule has 0 spiro atoms. The Morgan fingerprint density at radius 3 is 1.32 bits per heavy atom. The minimum absolute atomic E-state index is 0.0698. The predicted molar refractivity (Wildman–Crippen MR) is 267 cm³/mol. The van der Waals surface area contributed by atoms with Crippen LogP contribution >= 0.6 is 22.7 Å². The Hall–Kier alpha value is -8.31. The molecular weight excluding hydrogens is 843 g/mol. The lowest BCUT2D eigenvalue weighted by atomic mass is 10.0. The summed E-state index contributed by atoms with van der Waals surface area (Å²) in [6.45, 7) is -0.541. The SMILES string of the molecule is N#CC(=Cc1ccc(-c2ccc(C=Cc3ccc(N(c4ccc(C=Cc5ccc(-c6ccc(C=C(C#N)C(=O)O)s6)cc5)cc4)c4ccc(-c5ccccc5)cc4)cc3)cc2)s1)OCO. The van der Waals surface area contributed by atoms with E-state index in [1.807, 2.05) is 48.5 Å². The minimum Gasteiger partial charge on any atom is -0.477 e. The van der Waals surface area contributed by atoms with Crippen LogP contribution in [0.25, 0.3) is 68.5 Å². The number of thiophene rings is 2. The number of aliphatic hydroxyl groups excluding tert-OH is 1. The first-order chi connectivity index (χ1) is 31.8. The first-order valence-corrected chi connectivity index (χ1v) is 22.1. The number of anilines is 3. The largest absolute Gasteiger partial charge is 0.477 e. The van der Waals surface area contributed by atoms with E-state index in [1.54, 1.807) is 23.5 Å². The maximum Gasteiger partial charge on any atom is 0.346 e. The Morgan fingerprint density at radius 1 is 0.508 bits per heavy atom. The lowest BCUT2D eigenvalue weighted by Gasteiger charge is -2.26. The molecule has 9 heteroatoms. The molecule has 0 aliphatic carbocycles. The summed E-state index contributed by atoms with van der Waals surface area (Å²) in [5, 5.41) is 36.5. The van der Waals surface area contributed by atoms with Gasteiger partial charge in [-0.3, -0.25) is 0 Å². The number of allylic oxidation sites excluding steroid dienone is 1. The topological polar surface area (TPSA) is 118 Å². The van der Waals surface area contributed by atoms with Crippen molar-refractivity contribution in [3.63, 3.8) is 0 Å². The van der Waals surface area contributed by atoms with E-state index in [4.69, 9.17) is 15.1 Å². The monoisotopic (exact) mass is 881 g/mol. The first kappa shape index (κ1) is 43.3. The van der Waals surface area contributed by atoms with E-state index in [9.17, 15) is 15.2 Å². The van der Waals surface area contributed by atoms with Gasteiger partial charge >= 0.3 is 5.97 Å². The molecule has 2 N–H and O–H groups in total. The van der Waals surface area contributed by atoms with Crippen molar-refractivity contribution >= 4 is 82.2 Å². The van der Waals surface area contributed by atoms with Crippen LogP contribution in [-0.2, 0) is 9.53 Å². The van der Waals surface area contributed by atoms with Gasteiger partial charge in [-0.25, -0.2) is 4.79 Å². The van der Waals surface area contributed by atoms with Crippen molar-refractivity contribution in [2.24, 2.45) is 0 Å². The van der Waals surface area contributed by atoms with Crippen molar-refractivity contribution in [1.82, 2.24) is 0 Å². The Labute approximate surface area is 385 Å². The van der Waals surface area contributed by atoms with Gasteiger partial charge in [0.15, 0.2) is 6.79 Å². The number of rotatable bonds is 15. The first-order valence-electron chi connectivity index (χ1n) is 20.5. The molecule has 0 aliphatic rings. The maximum atomic E-state index is 11.2. The van der Waals surface area contributed by atoms with Crippen LogP contribution in [0, 0.1) is 22.7 Å². The highest BCUT2D eigenvalue weighted by Gasteiger charge is 2.14. The molecule has 8 aromatic rings. The fourth-order valence-corrected chi connectivity index (χ4v) is 8.91. The molecule has 0 amide bonds. The molecule has 8 rings (SSSR count). The average molecular weight is 882 g/mol. The number of nitriles is 2. The lowest BCUT2D eigenvalue weighted by molar-refractivity contribution is -0.132. The highest BCUT2D eigenvalue weighted by atomic mass is 32.1. The molecule has 2 heterocycles. The number of carboxylic acids is 1. The van der Waals surface area contributed by atoms with Gasteiger partial charge in [-0.1, -0.05) is 140 Å². The smallest absolute Gasteiger partial charge is 0.346 e. The molecule has 0 saturated carbocycles. The number of carboxylic acid groups (broad SMARTS) is 1. The number of hydrogen-bond donors (Lipinski definition) is 2. The van der Waals surface area contributed by atoms with Crippen LogP contribution in [0.4, 0.5) is 17.1 Å². The van der Waals surface area contributed by atoms with Crippen LogP contribution in [-0.4, -0.2) is 23.0 Å². The summed E-state index contributed by atoms with van der Waals surface area (Å²) >= 11 is 2.98. The number of nitrogens with zero attached hydrogens (tertiary/aromatic N) is 3. The Morgan fingerprint density at radius 2 is 0.908 bits per heavy atom. The third-order valence-electron chi connectivity index (χ3n) is 10.4. The Bertz CT molecular complexity index is 3110. The molecule has 0 unspecified atom stereocenters. The molecule has 0 radical (unpaired) electrons. The van der Waals surface area contributed by atoms with E-state index in [1.165, 1.54) is 17.4 Å². The number of hydrogen-bond acceptors (Lipinski definition) is 8. The third kappa shape index (κ3) is 11.0. The van der Waals surface area contributed by atoms with E-state index in [2.05, 4.69) is 163 Å². The molecule has 0 aliphatic heterocycles. The average Bonchev–Trinajstić information content (AvgIpc) is 4.04. The van der Waals surface area contributed by atoms with Gasteiger partial charge in [0.25, 0.3) is 0 Å². The molecule has 314 valence electrons. The molecular formula is C56H39N3O4S2. The minimum atomic E-state index is -1.24. The molecule has 65 heavy (non-hydrogen) atoms. The second kappa shape index (κ2) is 20.7. The van der Waals surface area contributed by atoms with Gasteiger partial charge in [0.2, 0.25) is 5.76 Å². The number of aliphatic carboxylic acids is 1. The normalized spacial score (nSPS) is 11.7. The van der Waals surface area contributed by atoms with Crippen molar-refractivity contribution in [2.45, 2.75) is 0 Å². The fraction of sp³-hybridized carbons (Fsp3) is 0.0179. The predicted octanol–water partition coefficient (Wildman–Crippen LogP) is 14.4. The summed E-state index contributed by atoms with van der Waals surface area (Å²) in [5.74, 6) is -1.17. The number of ether oxygens (including phenoxy) is 1. The zero-order valence-corrected chi connectivity index (χ0v) is 36.4. The second-order valence-corrected chi connectivity index (χ2v) is 16.8. The van der Waals surface area contributed by atoms with Crippen LogP contribution in [0.15, 0.2) is 187 Å². The summed E-state index contributed by atoms with van der Waals surface area (Å²) in [5.41, 5.74) is 11.4. The van der Waals surface area contributed by atoms with Crippen molar-refractivity contribution in [2.75, 3.05) is 11.7 Å². The maximum absolute atomic E-state index is 11.2. The van der Waals surface area contributed by atoms with Gasteiger partial charge in [0.1, 0.15) is 17.7 Å². The second-order valence-electron chi connectivity index (χ2n) is 14.6. The van der Waals surface area contributed by atoms with E-state index in [0.29, 0.717) is 4.88 Å². The van der Waals surface area contributed by atoms with Gasteiger partial charge < -0.3 is 19.8 Å². The van der Waals surface area contributed by atoms with E-state index >= 15 is 0 Å². The highest BCUT2D eigenvalue weighted by Crippen LogP contribution is 2.37. The van der Waals surface area contributed by atoms with Gasteiger partial charge in [0, 0.05) is 42.6 Å². The van der Waals surface area contributed by atoms with Crippen molar-refractivity contribution in [3.05, 3.63) is 219 Å². The van der Waals surface area contributed by atoms with Gasteiger partial charge in [-0.2, -0.15) is 10.5 Å². The molecule has 2 aromatic heterocycles. The van der Waals surface area contributed by atoms with Crippen LogP contribution in [0.5, 0.6) is 0 Å². The molecule has 6 aromatic carbocycles. The molecule has 7 nitrogen and oxygen atoms in total. The Kier molecular flexibility index (Phi) is 13.8. The summed E-state index contributed by atoms with van der Waals surface area (Å²) in [7, 11) is 0. The molecule has 0 bridgehead atoms. The summed E-state index contributed by atoms with van der Waals surface area (Å²) in [6.07, 6.45) is 11.4. The zero-order valence-electron chi connectivity index (χ0n) is 34.8. The highest BCUT2D eigenvalue weighted by molar-refractivity contribution is 7.16. The van der Waals surface area contributed by atoms with E-state index < -0.39 is 12.8 Å². The van der Waals surface area contributed by atoms with Crippen molar-refractivity contribution in [3.8, 4) is 44.1 Å². The van der Waals surface area contributed by atoms with E-state index in [0.717, 1.165) is 76.2 Å². The van der Waals surface area contributed by atoms with Gasteiger partial charge in [-0.15, -0.1) is 22.7 Å². The quantitative estimate of drug-likeness (QED) is 0.0346. The van der Waals surface area contributed by atoms with Crippen molar-refractivity contribution < 1.29 is 19.7 Å². The van der Waals surface area contributed by atoms with Gasteiger partial charge in [-0.05, 0) is 111 Å². The standard InChI is InChI=1S/C56H39N3O4S2/c57-36-47(56(61)62)34-52-30-32-54(64-52)45-18-10-39(11-19-45)6-8-41-14-24-48(25-15-41)59(50-28-22-44(23-29-50)43-4-2-1-3-5-43)49-26-16-42(17-27-49)9-7-40-12-20-46(21-13-40)55-33-31-53(65-55)35-51(37-58)63-38-60/h1-35,60H,38H2,(H,61,62). The van der Waals surface area contributed by atoms with Crippen LogP contribution in [0.3, 0.4) is 0 Å². The van der Waals surface area contributed by atoms with Crippen LogP contribution < -0.4 is 4.90 Å². The van der Waals surface area contributed by atoms with Gasteiger partial charge in [0.05, 0.1) is 0 Å². The molecule has 0 atom stereocenters. The number of carbonyl (C=O) groups is 1. The number of aliphatic hydroxyl groups is 1. The molecule has 0 fully saturated rings. The van der Waals surface area contributed by atoms with E-state index in [-0.39, 0.29) is 11.3 Å². The van der Waals surface area contributed by atoms with Crippen molar-refractivity contribution in [1.29, 1.82) is 10.5 Å². The number of benzene rings is 6. The third-order valence-corrected chi connectivity index (χ3v) is 12.5. The molecule has 0 saturated heterocycles. The lowest BCUT2D eigenvalue weighted by Crippen LogP contribution is -2.09. The summed E-state index contributed by atoms with van der Waals surface area (Å²) < 4.78 is 4.95. The zero-order chi connectivity index (χ0) is 45.0. The fourth-order valence-electron chi connectivity index (χ4n) is 7.01.